The number of nitrogens with zero attached hydrogens (tertiary/aromatic N) is 1. The second kappa shape index (κ2) is 6.49. The standard InChI is InChI=1S/C17H28ClFN2O2/c1-9(2)23-15-6-4-11(19)8-13(15)17(22)12-7-10(18)3-5-14(12)21-16(17)20/h9-15,22H,3-8H2,1-2H3,(H2,20,21). The number of hydrogen-bond acceptors (Lipinski definition) is 4. The fourth-order valence-electron chi connectivity index (χ4n) is 4.73. The van der Waals surface area contributed by atoms with Crippen LogP contribution in [0.5, 0.6) is 0 Å². The average molecular weight is 347 g/mol. The van der Waals surface area contributed by atoms with Crippen molar-refractivity contribution in [2.24, 2.45) is 22.6 Å². The van der Waals surface area contributed by atoms with E-state index in [9.17, 15) is 9.50 Å². The Labute approximate surface area is 142 Å². The van der Waals surface area contributed by atoms with Crippen LogP contribution in [0.4, 0.5) is 4.39 Å². The van der Waals surface area contributed by atoms with Crippen molar-refractivity contribution in [3.05, 3.63) is 0 Å². The number of aliphatic hydroxyl groups is 1. The van der Waals surface area contributed by atoms with Crippen LogP contribution < -0.4 is 5.73 Å². The molecule has 3 aliphatic rings. The number of rotatable bonds is 3. The molecule has 4 nitrogen and oxygen atoms in total. The fraction of sp³-hybridized carbons (Fsp3) is 0.941. The summed E-state index contributed by atoms with van der Waals surface area (Å²) in [5.74, 6) is -0.212. The molecule has 7 atom stereocenters. The summed E-state index contributed by atoms with van der Waals surface area (Å²) in [6.07, 6.45) is 2.70. The Bertz CT molecular complexity index is 476. The van der Waals surface area contributed by atoms with Gasteiger partial charge in [0, 0.05) is 17.2 Å². The molecule has 23 heavy (non-hydrogen) atoms. The van der Waals surface area contributed by atoms with Crippen LogP contribution in [0.15, 0.2) is 4.99 Å². The maximum absolute atomic E-state index is 14.1. The summed E-state index contributed by atoms with van der Waals surface area (Å²) < 4.78 is 20.1. The zero-order valence-electron chi connectivity index (χ0n) is 13.9. The van der Waals surface area contributed by atoms with Crippen LogP contribution >= 0.6 is 11.6 Å². The van der Waals surface area contributed by atoms with Crippen molar-refractivity contribution in [3.8, 4) is 0 Å². The number of ether oxygens (including phenoxy) is 1. The van der Waals surface area contributed by atoms with E-state index >= 15 is 0 Å². The zero-order chi connectivity index (χ0) is 16.8. The lowest BCUT2D eigenvalue weighted by molar-refractivity contribution is -0.129. The van der Waals surface area contributed by atoms with E-state index in [1.165, 1.54) is 0 Å². The summed E-state index contributed by atoms with van der Waals surface area (Å²) in [5.41, 5.74) is 4.88. The van der Waals surface area contributed by atoms with Crippen molar-refractivity contribution in [3.63, 3.8) is 0 Å². The molecule has 1 aliphatic heterocycles. The molecule has 2 saturated carbocycles. The molecule has 0 bridgehead atoms. The van der Waals surface area contributed by atoms with Gasteiger partial charge in [0.1, 0.15) is 17.6 Å². The number of aliphatic imine (C=N–C) groups is 1. The number of amidine groups is 1. The van der Waals surface area contributed by atoms with E-state index in [0.717, 1.165) is 12.8 Å². The molecule has 132 valence electrons. The van der Waals surface area contributed by atoms with Crippen molar-refractivity contribution < 1.29 is 14.2 Å². The minimum Gasteiger partial charge on any atom is -0.385 e. The number of nitrogens with two attached hydrogens (primary N) is 1. The highest BCUT2D eigenvalue weighted by atomic mass is 35.5. The molecule has 0 aromatic carbocycles. The van der Waals surface area contributed by atoms with Gasteiger partial charge in [-0.15, -0.1) is 11.6 Å². The summed E-state index contributed by atoms with van der Waals surface area (Å²) in [7, 11) is 0. The van der Waals surface area contributed by atoms with Gasteiger partial charge in [0.15, 0.2) is 0 Å². The molecule has 7 unspecified atom stereocenters. The molecule has 0 amide bonds. The number of hydrogen-bond donors (Lipinski definition) is 2. The molecule has 3 N–H and O–H groups in total. The van der Waals surface area contributed by atoms with E-state index in [4.69, 9.17) is 22.1 Å². The lowest BCUT2D eigenvalue weighted by Crippen LogP contribution is -2.60. The first kappa shape index (κ1) is 17.4. The smallest absolute Gasteiger partial charge is 0.131 e. The average Bonchev–Trinajstić information content (AvgIpc) is 2.73. The van der Waals surface area contributed by atoms with Crippen LogP contribution in [0.2, 0.25) is 0 Å². The van der Waals surface area contributed by atoms with E-state index in [1.54, 1.807) is 0 Å². The number of alkyl halides is 2. The fourth-order valence-corrected chi connectivity index (χ4v) is 5.05. The van der Waals surface area contributed by atoms with E-state index in [1.807, 2.05) is 13.8 Å². The molecule has 0 spiro atoms. The highest BCUT2D eigenvalue weighted by molar-refractivity contribution is 6.20. The topological polar surface area (TPSA) is 67.8 Å². The van der Waals surface area contributed by atoms with Gasteiger partial charge >= 0.3 is 0 Å². The molecule has 0 aromatic heterocycles. The monoisotopic (exact) mass is 346 g/mol. The van der Waals surface area contributed by atoms with Crippen LogP contribution in [0.3, 0.4) is 0 Å². The SMILES string of the molecule is CC(C)OC1CCC(F)CC1C1(O)C(N)=NC2CCC(Cl)CC21. The van der Waals surface area contributed by atoms with E-state index in [-0.39, 0.29) is 47.7 Å². The lowest BCUT2D eigenvalue weighted by Gasteiger charge is -2.47. The van der Waals surface area contributed by atoms with Crippen LogP contribution in [0, 0.1) is 11.8 Å². The molecule has 2 aliphatic carbocycles. The van der Waals surface area contributed by atoms with Crippen molar-refractivity contribution in [2.75, 3.05) is 0 Å². The summed E-state index contributed by atoms with van der Waals surface area (Å²) in [6.45, 7) is 3.93. The predicted octanol–water partition coefficient (Wildman–Crippen LogP) is 2.80. The number of halogens is 2. The first-order valence-corrected chi connectivity index (χ1v) is 9.25. The normalized spacial score (nSPS) is 47.5. The van der Waals surface area contributed by atoms with E-state index in [0.29, 0.717) is 19.3 Å². The second-order valence-electron chi connectivity index (χ2n) is 7.66. The maximum Gasteiger partial charge on any atom is 0.131 e. The predicted molar refractivity (Wildman–Crippen MR) is 89.6 cm³/mol. The van der Waals surface area contributed by atoms with Gasteiger partial charge in [0.2, 0.25) is 0 Å². The molecule has 0 aromatic rings. The Morgan fingerprint density at radius 3 is 2.70 bits per heavy atom. The highest BCUT2D eigenvalue weighted by Gasteiger charge is 2.59. The van der Waals surface area contributed by atoms with Crippen molar-refractivity contribution in [1.82, 2.24) is 0 Å². The molecule has 2 fully saturated rings. The zero-order valence-corrected chi connectivity index (χ0v) is 14.7. The first-order valence-electron chi connectivity index (χ1n) is 8.82. The Kier molecular flexibility index (Phi) is 4.92. The van der Waals surface area contributed by atoms with E-state index < -0.39 is 11.8 Å². The van der Waals surface area contributed by atoms with Gasteiger partial charge < -0.3 is 15.6 Å². The van der Waals surface area contributed by atoms with Gasteiger partial charge in [-0.25, -0.2) is 4.39 Å². The second-order valence-corrected chi connectivity index (χ2v) is 8.28. The summed E-state index contributed by atoms with van der Waals surface area (Å²) >= 11 is 6.34. The summed E-state index contributed by atoms with van der Waals surface area (Å²) in [4.78, 5) is 4.52. The van der Waals surface area contributed by atoms with Gasteiger partial charge in [0.05, 0.1) is 18.2 Å². The molecule has 1 heterocycles. The van der Waals surface area contributed by atoms with Crippen molar-refractivity contribution >= 4 is 17.4 Å². The van der Waals surface area contributed by atoms with Crippen molar-refractivity contribution in [2.45, 2.75) is 87.8 Å². The van der Waals surface area contributed by atoms with Crippen LogP contribution in [0.1, 0.15) is 52.4 Å². The largest absolute Gasteiger partial charge is 0.385 e. The van der Waals surface area contributed by atoms with Crippen LogP contribution in [0.25, 0.3) is 0 Å². The number of fused-ring (bicyclic) bond motifs is 1. The maximum atomic E-state index is 14.1. The minimum absolute atomic E-state index is 0.00897. The quantitative estimate of drug-likeness (QED) is 0.772. The van der Waals surface area contributed by atoms with Gasteiger partial charge in [-0.05, 0) is 52.4 Å². The van der Waals surface area contributed by atoms with Gasteiger partial charge in [0.25, 0.3) is 0 Å². The Balaban J connectivity index is 1.90. The lowest BCUT2D eigenvalue weighted by atomic mass is 9.64. The van der Waals surface area contributed by atoms with Gasteiger partial charge in [-0.1, -0.05) is 0 Å². The summed E-state index contributed by atoms with van der Waals surface area (Å²) in [6, 6.07) is 0.00897. The molecule has 6 heteroatoms. The third kappa shape index (κ3) is 3.12. The minimum atomic E-state index is -1.29. The van der Waals surface area contributed by atoms with Crippen LogP contribution in [-0.4, -0.2) is 46.3 Å². The Morgan fingerprint density at radius 2 is 2.00 bits per heavy atom. The molecular weight excluding hydrogens is 319 g/mol. The Morgan fingerprint density at radius 1 is 1.26 bits per heavy atom. The van der Waals surface area contributed by atoms with Crippen LogP contribution in [-0.2, 0) is 4.74 Å². The molecule has 0 saturated heterocycles. The third-order valence-electron chi connectivity index (χ3n) is 5.77. The molecular formula is C17H28ClFN2O2. The van der Waals surface area contributed by atoms with Gasteiger partial charge in [-0.2, -0.15) is 0 Å². The summed E-state index contributed by atoms with van der Waals surface area (Å²) in [5, 5.41) is 11.6. The molecule has 0 radical (unpaired) electrons. The Hall–Kier alpha value is -0.390. The van der Waals surface area contributed by atoms with Crippen molar-refractivity contribution in [1.29, 1.82) is 0 Å². The first-order chi connectivity index (χ1) is 10.8. The third-order valence-corrected chi connectivity index (χ3v) is 6.16. The molecule has 3 rings (SSSR count). The highest BCUT2D eigenvalue weighted by Crippen LogP contribution is 2.49. The van der Waals surface area contributed by atoms with E-state index in [2.05, 4.69) is 4.99 Å². The van der Waals surface area contributed by atoms with Gasteiger partial charge in [-0.3, -0.25) is 4.99 Å².